The summed E-state index contributed by atoms with van der Waals surface area (Å²) >= 11 is 0. The van der Waals surface area contributed by atoms with Crippen LogP contribution < -0.4 is 0 Å². The van der Waals surface area contributed by atoms with Gasteiger partial charge in [0.25, 0.3) is 0 Å². The molecule has 3 atom stereocenters. The molecule has 9 heteroatoms. The molecule has 31 heavy (non-hydrogen) atoms. The number of carboxylic acid groups (broad SMARTS) is 1. The third kappa shape index (κ3) is 4.57. The highest BCUT2D eigenvalue weighted by molar-refractivity contribution is 5.69. The van der Waals surface area contributed by atoms with Gasteiger partial charge in [-0.1, -0.05) is 36.4 Å². The zero-order valence-corrected chi connectivity index (χ0v) is 17.5. The Bertz CT molecular complexity index is 1020. The molecule has 2 heterocycles. The number of aliphatic carboxylic acids is 1. The predicted molar refractivity (Wildman–Crippen MR) is 114 cm³/mol. The van der Waals surface area contributed by atoms with Gasteiger partial charge >= 0.3 is 5.97 Å². The van der Waals surface area contributed by atoms with Gasteiger partial charge in [-0.3, -0.25) is 14.6 Å². The van der Waals surface area contributed by atoms with Crippen molar-refractivity contribution in [3.05, 3.63) is 59.7 Å². The lowest BCUT2D eigenvalue weighted by atomic mass is 9.92. The highest BCUT2D eigenvalue weighted by Crippen LogP contribution is 2.35. The van der Waals surface area contributed by atoms with Crippen LogP contribution in [0.3, 0.4) is 0 Å². The zero-order valence-electron chi connectivity index (χ0n) is 17.5. The molecule has 0 bridgehead atoms. The number of aromatic nitrogens is 4. The summed E-state index contributed by atoms with van der Waals surface area (Å²) in [5.74, 6) is -0.0602. The lowest BCUT2D eigenvalue weighted by Gasteiger charge is -2.47. The number of rotatable bonds is 6. The van der Waals surface area contributed by atoms with E-state index in [1.54, 1.807) is 12.1 Å². The second kappa shape index (κ2) is 8.83. The summed E-state index contributed by atoms with van der Waals surface area (Å²) in [6.07, 6.45) is 0. The van der Waals surface area contributed by atoms with E-state index >= 15 is 0 Å². The molecule has 2 aromatic carbocycles. The van der Waals surface area contributed by atoms with Crippen molar-refractivity contribution in [3.63, 3.8) is 0 Å². The van der Waals surface area contributed by atoms with Gasteiger partial charge in [0.15, 0.2) is 0 Å². The van der Waals surface area contributed by atoms with E-state index in [9.17, 15) is 15.0 Å². The number of hydrogen-bond acceptors (Lipinski definition) is 7. The van der Waals surface area contributed by atoms with Crippen LogP contribution >= 0.6 is 0 Å². The lowest BCUT2D eigenvalue weighted by molar-refractivity contribution is -0.140. The van der Waals surface area contributed by atoms with Crippen molar-refractivity contribution < 1.29 is 15.0 Å². The number of nitrogens with zero attached hydrogens (tertiary/aromatic N) is 5. The van der Waals surface area contributed by atoms with Gasteiger partial charge in [-0.05, 0) is 42.3 Å². The molecule has 9 nitrogen and oxygen atoms in total. The summed E-state index contributed by atoms with van der Waals surface area (Å²) in [5.41, 5.74) is 2.92. The van der Waals surface area contributed by atoms with Crippen LogP contribution in [-0.2, 0) is 4.79 Å². The van der Waals surface area contributed by atoms with Crippen molar-refractivity contribution in [3.8, 4) is 17.1 Å². The number of carbonyl (C=O) groups is 1. The first-order chi connectivity index (χ1) is 14.9. The molecule has 0 aliphatic carbocycles. The van der Waals surface area contributed by atoms with Crippen LogP contribution in [0.2, 0.25) is 0 Å². The summed E-state index contributed by atoms with van der Waals surface area (Å²) in [4.78, 5) is 15.6. The second-order valence-corrected chi connectivity index (χ2v) is 8.07. The Balaban J connectivity index is 1.68. The minimum atomic E-state index is -0.811. The molecule has 0 saturated carbocycles. The van der Waals surface area contributed by atoms with Gasteiger partial charge in [-0.25, -0.2) is 0 Å². The van der Waals surface area contributed by atoms with Crippen molar-refractivity contribution in [1.29, 1.82) is 0 Å². The highest BCUT2D eigenvalue weighted by Gasteiger charge is 2.35. The molecule has 3 aromatic rings. The number of piperazine rings is 1. The molecule has 0 amide bonds. The summed E-state index contributed by atoms with van der Waals surface area (Å²) in [5, 5.41) is 33.5. The van der Waals surface area contributed by atoms with Crippen molar-refractivity contribution in [2.75, 3.05) is 19.6 Å². The first kappa shape index (κ1) is 21.0. The third-order valence-electron chi connectivity index (χ3n) is 5.85. The average Bonchev–Trinajstić information content (AvgIpc) is 3.27. The van der Waals surface area contributed by atoms with Crippen molar-refractivity contribution in [2.24, 2.45) is 0 Å². The summed E-state index contributed by atoms with van der Waals surface area (Å²) in [6.45, 7) is 5.57. The number of tetrazole rings is 1. The third-order valence-corrected chi connectivity index (χ3v) is 5.85. The van der Waals surface area contributed by atoms with Crippen molar-refractivity contribution in [1.82, 2.24) is 30.4 Å². The molecule has 3 N–H and O–H groups in total. The van der Waals surface area contributed by atoms with Gasteiger partial charge in [0, 0.05) is 30.7 Å². The Labute approximate surface area is 180 Å². The number of carboxylic acids is 1. The molecular weight excluding hydrogens is 396 g/mol. The van der Waals surface area contributed by atoms with Crippen LogP contribution in [0.1, 0.15) is 31.0 Å². The van der Waals surface area contributed by atoms with Crippen LogP contribution in [0, 0.1) is 0 Å². The molecule has 1 aliphatic rings. The Morgan fingerprint density at radius 3 is 2.55 bits per heavy atom. The predicted octanol–water partition coefficient (Wildman–Crippen LogP) is 2.14. The molecular formula is C22H26N6O3. The van der Waals surface area contributed by atoms with Crippen LogP contribution in [0.15, 0.2) is 48.5 Å². The standard InChI is InChI=1S/C22H26N6O3/c1-14-12-28(15(2)11-27(14)13-20(30)31)21(18-4-3-5-19(29)10-18)16-6-8-17(9-7-16)22-23-25-26-24-22/h3-10,14-15,21,29H,11-13H2,1-2H3,(H,30,31)(H,23,24,25,26). The van der Waals surface area contributed by atoms with E-state index in [4.69, 9.17) is 0 Å². The minimum absolute atomic E-state index is 0.0372. The second-order valence-electron chi connectivity index (χ2n) is 8.07. The van der Waals surface area contributed by atoms with E-state index in [-0.39, 0.29) is 30.4 Å². The SMILES string of the molecule is CC1CN(C(c2ccc(-c3nn[nH]n3)cc2)c2cccc(O)c2)C(C)CN1CC(=O)O. The number of H-pyrrole nitrogens is 1. The Hall–Kier alpha value is -3.30. The van der Waals surface area contributed by atoms with Gasteiger partial charge in [-0.2, -0.15) is 5.21 Å². The van der Waals surface area contributed by atoms with E-state index in [1.165, 1.54) is 0 Å². The van der Waals surface area contributed by atoms with E-state index < -0.39 is 5.97 Å². The average molecular weight is 422 g/mol. The van der Waals surface area contributed by atoms with E-state index in [0.717, 1.165) is 16.7 Å². The molecule has 1 fully saturated rings. The maximum Gasteiger partial charge on any atom is 0.317 e. The fourth-order valence-corrected chi connectivity index (χ4v) is 4.35. The summed E-state index contributed by atoms with van der Waals surface area (Å²) in [7, 11) is 0. The number of nitrogens with one attached hydrogen (secondary N) is 1. The minimum Gasteiger partial charge on any atom is -0.508 e. The molecule has 1 aliphatic heterocycles. The van der Waals surface area contributed by atoms with Crippen LogP contribution in [0.4, 0.5) is 0 Å². The lowest BCUT2D eigenvalue weighted by Crippen LogP contribution is -2.58. The van der Waals surface area contributed by atoms with E-state index in [1.807, 2.05) is 41.3 Å². The van der Waals surface area contributed by atoms with Crippen LogP contribution in [0.25, 0.3) is 11.4 Å². The summed E-state index contributed by atoms with van der Waals surface area (Å²) < 4.78 is 0. The molecule has 4 rings (SSSR count). The van der Waals surface area contributed by atoms with Gasteiger partial charge in [-0.15, -0.1) is 10.2 Å². The number of phenols is 1. The van der Waals surface area contributed by atoms with Crippen molar-refractivity contribution >= 4 is 5.97 Å². The number of aromatic hydroxyl groups is 1. The largest absolute Gasteiger partial charge is 0.508 e. The number of benzene rings is 2. The maximum absolute atomic E-state index is 11.2. The van der Waals surface area contributed by atoms with Crippen LogP contribution in [-0.4, -0.2) is 78.3 Å². The van der Waals surface area contributed by atoms with Crippen molar-refractivity contribution in [2.45, 2.75) is 32.0 Å². The number of aromatic amines is 1. The topological polar surface area (TPSA) is 118 Å². The van der Waals surface area contributed by atoms with E-state index in [0.29, 0.717) is 18.9 Å². The fraction of sp³-hybridized carbons (Fsp3) is 0.364. The van der Waals surface area contributed by atoms with Gasteiger partial charge < -0.3 is 10.2 Å². The molecule has 0 radical (unpaired) electrons. The monoisotopic (exact) mass is 422 g/mol. The molecule has 162 valence electrons. The smallest absolute Gasteiger partial charge is 0.317 e. The first-order valence-corrected chi connectivity index (χ1v) is 10.3. The van der Waals surface area contributed by atoms with Gasteiger partial charge in [0.2, 0.25) is 5.82 Å². The zero-order chi connectivity index (χ0) is 22.0. The van der Waals surface area contributed by atoms with Gasteiger partial charge in [0.05, 0.1) is 12.6 Å². The first-order valence-electron chi connectivity index (χ1n) is 10.3. The molecule has 1 aromatic heterocycles. The highest BCUT2D eigenvalue weighted by atomic mass is 16.4. The number of hydrogen-bond donors (Lipinski definition) is 3. The number of phenolic OH excluding ortho intramolecular Hbond substituents is 1. The Kier molecular flexibility index (Phi) is 5.97. The Morgan fingerprint density at radius 1 is 1.13 bits per heavy atom. The van der Waals surface area contributed by atoms with E-state index in [2.05, 4.69) is 39.4 Å². The molecule has 3 unspecified atom stereocenters. The normalized spacial score (nSPS) is 21.1. The van der Waals surface area contributed by atoms with Gasteiger partial charge in [0.1, 0.15) is 5.75 Å². The fourth-order valence-electron chi connectivity index (χ4n) is 4.35. The molecule has 0 spiro atoms. The Morgan fingerprint density at radius 2 is 1.90 bits per heavy atom. The summed E-state index contributed by atoms with van der Waals surface area (Å²) in [6, 6.07) is 15.5. The molecule has 1 saturated heterocycles. The van der Waals surface area contributed by atoms with Crippen LogP contribution in [0.5, 0.6) is 5.75 Å². The maximum atomic E-state index is 11.2. The quantitative estimate of drug-likeness (QED) is 0.553.